The summed E-state index contributed by atoms with van der Waals surface area (Å²) < 4.78 is 0. The van der Waals surface area contributed by atoms with Crippen LogP contribution in [0.3, 0.4) is 0 Å². The highest BCUT2D eigenvalue weighted by molar-refractivity contribution is 5.80. The lowest BCUT2D eigenvalue weighted by molar-refractivity contribution is -0.384. The fourth-order valence-electron chi connectivity index (χ4n) is 1.83. The number of aromatic amines is 2. The summed E-state index contributed by atoms with van der Waals surface area (Å²) in [6.45, 7) is 1.97. The Morgan fingerprint density at radius 3 is 3.00 bits per heavy atom. The molecule has 1 aromatic carbocycles. The van der Waals surface area contributed by atoms with Gasteiger partial charge in [0.05, 0.1) is 16.0 Å². The summed E-state index contributed by atoms with van der Waals surface area (Å²) in [5.74, 6) is 0.416. The Morgan fingerprint density at radius 1 is 1.39 bits per heavy atom. The maximum atomic E-state index is 10.8. The minimum Gasteiger partial charge on any atom is -0.336 e. The van der Waals surface area contributed by atoms with Crippen LogP contribution in [-0.4, -0.2) is 25.1 Å². The Morgan fingerprint density at radius 2 is 2.22 bits per heavy atom. The molecule has 0 atom stereocenters. The average Bonchev–Trinajstić information content (AvgIpc) is 2.93. The van der Waals surface area contributed by atoms with Crippen LogP contribution in [0.15, 0.2) is 24.4 Å². The first kappa shape index (κ1) is 10.5. The van der Waals surface area contributed by atoms with Crippen LogP contribution in [0.2, 0.25) is 0 Å². The maximum Gasteiger partial charge on any atom is 0.317 e. The summed E-state index contributed by atoms with van der Waals surface area (Å²) in [7, 11) is 0. The number of nitro groups is 1. The molecule has 0 unspecified atom stereocenters. The number of H-pyrrole nitrogens is 2. The van der Waals surface area contributed by atoms with Crippen LogP contribution >= 0.6 is 0 Å². The van der Waals surface area contributed by atoms with Gasteiger partial charge >= 0.3 is 5.69 Å². The van der Waals surface area contributed by atoms with Gasteiger partial charge in [0.2, 0.25) is 0 Å². The molecule has 0 saturated carbocycles. The van der Waals surface area contributed by atoms with Gasteiger partial charge in [-0.25, -0.2) is 4.98 Å². The Bertz CT molecular complexity index is 743. The zero-order valence-electron chi connectivity index (χ0n) is 9.47. The molecule has 0 fully saturated rings. The first-order valence-electron chi connectivity index (χ1n) is 5.29. The van der Waals surface area contributed by atoms with Gasteiger partial charge in [-0.15, -0.1) is 0 Å². The molecule has 0 aliphatic carbocycles. The number of nitrogens with zero attached hydrogens (tertiary/aromatic N) is 3. The molecular formula is C11H9N5O2. The van der Waals surface area contributed by atoms with E-state index in [2.05, 4.69) is 20.2 Å². The second-order valence-electron chi connectivity index (χ2n) is 3.99. The van der Waals surface area contributed by atoms with Crippen LogP contribution in [0.25, 0.3) is 22.6 Å². The number of benzene rings is 1. The summed E-state index contributed by atoms with van der Waals surface area (Å²) in [5.41, 5.74) is 2.89. The van der Waals surface area contributed by atoms with E-state index >= 15 is 0 Å². The molecule has 7 nitrogen and oxygen atoms in total. The van der Waals surface area contributed by atoms with E-state index in [0.717, 1.165) is 16.6 Å². The van der Waals surface area contributed by atoms with Gasteiger partial charge in [-0.05, 0) is 24.6 Å². The number of aryl methyl sites for hydroxylation is 1. The monoisotopic (exact) mass is 243 g/mol. The van der Waals surface area contributed by atoms with Gasteiger partial charge in [0, 0.05) is 0 Å². The normalized spacial score (nSPS) is 10.9. The van der Waals surface area contributed by atoms with Crippen molar-refractivity contribution < 1.29 is 4.92 Å². The van der Waals surface area contributed by atoms with Crippen LogP contribution in [0.1, 0.15) is 5.56 Å². The summed E-state index contributed by atoms with van der Waals surface area (Å²) >= 11 is 0. The van der Waals surface area contributed by atoms with Crippen molar-refractivity contribution in [1.82, 2.24) is 20.2 Å². The second kappa shape index (κ2) is 3.66. The van der Waals surface area contributed by atoms with Crippen molar-refractivity contribution in [1.29, 1.82) is 0 Å². The Balaban J connectivity index is 2.19. The van der Waals surface area contributed by atoms with E-state index < -0.39 is 4.92 Å². The Labute approximate surface area is 101 Å². The molecule has 18 heavy (non-hydrogen) atoms. The first-order chi connectivity index (χ1) is 8.65. The lowest BCUT2D eigenvalue weighted by atomic mass is 10.2. The summed E-state index contributed by atoms with van der Waals surface area (Å²) in [6.07, 6.45) is 1.17. The van der Waals surface area contributed by atoms with E-state index in [1.165, 1.54) is 6.20 Å². The topological polar surface area (TPSA) is 100 Å². The second-order valence-corrected chi connectivity index (χ2v) is 3.99. The standard InChI is InChI=1S/C11H9N5O2/c1-6-2-3-7-8(4-6)14-11(13-7)10-9(16(17)18)5-12-15-10/h2-5H,1H3,(H,12,15)(H,13,14). The summed E-state index contributed by atoms with van der Waals surface area (Å²) in [6, 6.07) is 5.75. The molecule has 0 saturated heterocycles. The zero-order chi connectivity index (χ0) is 12.7. The van der Waals surface area contributed by atoms with Gasteiger partial charge in [0.1, 0.15) is 6.20 Å². The van der Waals surface area contributed by atoms with Gasteiger partial charge in [-0.1, -0.05) is 6.07 Å². The molecular weight excluding hydrogens is 234 g/mol. The van der Waals surface area contributed by atoms with Crippen molar-refractivity contribution in [3.63, 3.8) is 0 Å². The molecule has 3 aromatic rings. The molecule has 0 spiro atoms. The van der Waals surface area contributed by atoms with Gasteiger partial charge in [0.25, 0.3) is 0 Å². The van der Waals surface area contributed by atoms with Crippen LogP contribution in [0, 0.1) is 17.0 Å². The van der Waals surface area contributed by atoms with Crippen molar-refractivity contribution in [3.05, 3.63) is 40.1 Å². The average molecular weight is 243 g/mol. The molecule has 7 heteroatoms. The number of nitrogens with one attached hydrogen (secondary N) is 2. The smallest absolute Gasteiger partial charge is 0.317 e. The third-order valence-corrected chi connectivity index (χ3v) is 2.69. The fourth-order valence-corrected chi connectivity index (χ4v) is 1.83. The van der Waals surface area contributed by atoms with Crippen LogP contribution in [-0.2, 0) is 0 Å². The lowest BCUT2D eigenvalue weighted by Crippen LogP contribution is -1.90. The molecule has 2 heterocycles. The van der Waals surface area contributed by atoms with E-state index in [-0.39, 0.29) is 11.4 Å². The number of rotatable bonds is 2. The van der Waals surface area contributed by atoms with E-state index in [0.29, 0.717) is 5.82 Å². The number of hydrogen-bond donors (Lipinski definition) is 2. The molecule has 0 radical (unpaired) electrons. The minimum atomic E-state index is -0.489. The predicted molar refractivity (Wildman–Crippen MR) is 65.1 cm³/mol. The van der Waals surface area contributed by atoms with Gasteiger partial charge < -0.3 is 4.98 Å². The van der Waals surface area contributed by atoms with E-state index in [9.17, 15) is 10.1 Å². The van der Waals surface area contributed by atoms with Crippen molar-refractivity contribution in [2.45, 2.75) is 6.92 Å². The number of aromatic nitrogens is 4. The third kappa shape index (κ3) is 1.53. The van der Waals surface area contributed by atoms with E-state index in [4.69, 9.17) is 0 Å². The molecule has 90 valence electrons. The van der Waals surface area contributed by atoms with Gasteiger partial charge in [-0.3, -0.25) is 15.2 Å². The summed E-state index contributed by atoms with van der Waals surface area (Å²) in [4.78, 5) is 17.7. The Hall–Kier alpha value is -2.70. The van der Waals surface area contributed by atoms with Gasteiger partial charge in [0.15, 0.2) is 11.5 Å². The summed E-state index contributed by atoms with van der Waals surface area (Å²) in [5, 5.41) is 17.1. The SMILES string of the molecule is Cc1ccc2nc(-c3[nH]ncc3[N+](=O)[O-])[nH]c2c1. The number of fused-ring (bicyclic) bond motifs is 1. The van der Waals surface area contributed by atoms with E-state index in [1.807, 2.05) is 25.1 Å². The van der Waals surface area contributed by atoms with Crippen molar-refractivity contribution >= 4 is 16.7 Å². The van der Waals surface area contributed by atoms with Crippen LogP contribution in [0.5, 0.6) is 0 Å². The van der Waals surface area contributed by atoms with Crippen LogP contribution < -0.4 is 0 Å². The molecule has 0 aliphatic rings. The quantitative estimate of drug-likeness (QED) is 0.532. The lowest BCUT2D eigenvalue weighted by Gasteiger charge is -1.90. The molecule has 2 aromatic heterocycles. The first-order valence-corrected chi connectivity index (χ1v) is 5.29. The third-order valence-electron chi connectivity index (χ3n) is 2.69. The molecule has 0 bridgehead atoms. The van der Waals surface area contributed by atoms with Gasteiger partial charge in [-0.2, -0.15) is 5.10 Å². The Kier molecular flexibility index (Phi) is 2.12. The largest absolute Gasteiger partial charge is 0.336 e. The number of hydrogen-bond acceptors (Lipinski definition) is 4. The number of imidazole rings is 1. The molecule has 0 amide bonds. The predicted octanol–water partition coefficient (Wildman–Crippen LogP) is 2.17. The molecule has 3 rings (SSSR count). The highest BCUT2D eigenvalue weighted by Gasteiger charge is 2.20. The fraction of sp³-hybridized carbons (Fsp3) is 0.0909. The van der Waals surface area contributed by atoms with Crippen LogP contribution in [0.4, 0.5) is 5.69 Å². The highest BCUT2D eigenvalue weighted by atomic mass is 16.6. The maximum absolute atomic E-state index is 10.8. The van der Waals surface area contributed by atoms with E-state index in [1.54, 1.807) is 0 Å². The minimum absolute atomic E-state index is 0.0919. The van der Waals surface area contributed by atoms with Crippen molar-refractivity contribution in [2.75, 3.05) is 0 Å². The molecule has 2 N–H and O–H groups in total. The van der Waals surface area contributed by atoms with Crippen molar-refractivity contribution in [3.8, 4) is 11.5 Å². The van der Waals surface area contributed by atoms with Crippen molar-refractivity contribution in [2.24, 2.45) is 0 Å². The zero-order valence-corrected chi connectivity index (χ0v) is 9.47. The highest BCUT2D eigenvalue weighted by Crippen LogP contribution is 2.26. The molecule has 0 aliphatic heterocycles.